The molecule has 3 aliphatic rings. The summed E-state index contributed by atoms with van der Waals surface area (Å²) in [6.07, 6.45) is 5.42. The Balaban J connectivity index is 1.14. The van der Waals surface area contributed by atoms with Gasteiger partial charge >= 0.3 is 0 Å². The number of carbonyl (C=O) groups is 3. The van der Waals surface area contributed by atoms with Gasteiger partial charge in [0, 0.05) is 48.9 Å². The minimum absolute atomic E-state index is 0.0191. The fourth-order valence-corrected chi connectivity index (χ4v) is 8.57. The number of rotatable bonds is 16. The number of nitro groups is 1. The summed E-state index contributed by atoms with van der Waals surface area (Å²) in [6.45, 7) is 4.78. The first-order valence-electron chi connectivity index (χ1n) is 20.5. The second-order valence-electron chi connectivity index (χ2n) is 15.6. The van der Waals surface area contributed by atoms with Crippen molar-refractivity contribution in [1.29, 1.82) is 0 Å². The zero-order chi connectivity index (χ0) is 42.6. The summed E-state index contributed by atoms with van der Waals surface area (Å²) in [7, 11) is 0. The van der Waals surface area contributed by atoms with Crippen LogP contribution in [0.5, 0.6) is 5.75 Å². The summed E-state index contributed by atoms with van der Waals surface area (Å²) >= 11 is 0. The Morgan fingerprint density at radius 3 is 2.52 bits per heavy atom. The molecule has 3 amide bonds. The number of aliphatic hydroxyl groups is 3. The predicted octanol–water partition coefficient (Wildman–Crippen LogP) is 5.21. The van der Waals surface area contributed by atoms with Crippen LogP contribution in [0.4, 0.5) is 22.7 Å². The Morgan fingerprint density at radius 2 is 1.77 bits per heavy atom. The van der Waals surface area contributed by atoms with Crippen LogP contribution in [0.3, 0.4) is 0 Å². The molecule has 0 radical (unpaired) electrons. The number of non-ortho nitro benzene ring substituents is 1. The zero-order valence-electron chi connectivity index (χ0n) is 33.8. The van der Waals surface area contributed by atoms with Crippen molar-refractivity contribution in [3.8, 4) is 5.75 Å². The smallest absolute Gasteiger partial charge is 0.269 e. The number of nitrogens with zero attached hydrogens (tertiary/aromatic N) is 4. The largest absolute Gasteiger partial charge is 0.494 e. The number of aliphatic hydroxyl groups excluding tert-OH is 2. The number of ether oxygens (including phenoxy) is 1. The summed E-state index contributed by atoms with van der Waals surface area (Å²) < 4.78 is 5.77. The van der Waals surface area contributed by atoms with Crippen LogP contribution >= 0.6 is 0 Å². The van der Waals surface area contributed by atoms with Crippen LogP contribution in [0.1, 0.15) is 60.9 Å². The number of carbonyl (C=O) groups excluding carboxylic acids is 3. The fourth-order valence-electron chi connectivity index (χ4n) is 8.57. The van der Waals surface area contributed by atoms with E-state index in [0.717, 1.165) is 16.7 Å². The number of nitrogens with one attached hydrogen (secondary N) is 1. The molecule has 4 atom stereocenters. The van der Waals surface area contributed by atoms with E-state index >= 15 is 0 Å². The summed E-state index contributed by atoms with van der Waals surface area (Å²) in [4.78, 5) is 58.2. The summed E-state index contributed by atoms with van der Waals surface area (Å²) in [5.74, 6) is -1.28. The minimum Gasteiger partial charge on any atom is -0.494 e. The molecule has 4 aromatic rings. The number of benzene rings is 4. The molecule has 0 bridgehead atoms. The number of fused-ring (bicyclic) bond motifs is 3. The monoisotopic (exact) mass is 817 g/mol. The first-order chi connectivity index (χ1) is 29.0. The van der Waals surface area contributed by atoms with E-state index in [1.165, 1.54) is 23.1 Å². The third kappa shape index (κ3) is 8.28. The van der Waals surface area contributed by atoms with Gasteiger partial charge in [-0.25, -0.2) is 0 Å². The van der Waals surface area contributed by atoms with Crippen LogP contribution in [0.2, 0.25) is 0 Å². The highest BCUT2D eigenvalue weighted by atomic mass is 16.6. The van der Waals surface area contributed by atoms with E-state index in [2.05, 4.69) is 5.32 Å². The van der Waals surface area contributed by atoms with Crippen LogP contribution in [-0.4, -0.2) is 81.3 Å². The molecule has 3 heterocycles. The van der Waals surface area contributed by atoms with E-state index in [1.807, 2.05) is 67.6 Å². The molecule has 0 saturated carbocycles. The van der Waals surface area contributed by atoms with Crippen LogP contribution < -0.4 is 19.9 Å². The van der Waals surface area contributed by atoms with Crippen LogP contribution in [-0.2, 0) is 45.9 Å². The van der Waals surface area contributed by atoms with Gasteiger partial charge in [0.25, 0.3) is 11.6 Å². The lowest BCUT2D eigenvalue weighted by Crippen LogP contribution is -2.49. The highest BCUT2D eigenvalue weighted by molar-refractivity contribution is 6.08. The molecule has 14 heteroatoms. The van der Waals surface area contributed by atoms with Crippen molar-refractivity contribution in [2.45, 2.75) is 76.7 Å². The van der Waals surface area contributed by atoms with Crippen molar-refractivity contribution >= 4 is 40.5 Å². The molecule has 60 heavy (non-hydrogen) atoms. The van der Waals surface area contributed by atoms with Crippen molar-refractivity contribution in [2.75, 3.05) is 36.2 Å². The highest BCUT2D eigenvalue weighted by Crippen LogP contribution is 2.47. The molecular formula is C46H51N5O9. The third-order valence-electron chi connectivity index (χ3n) is 11.8. The Hall–Kier alpha value is -5.93. The molecule has 14 nitrogen and oxygen atoms in total. The molecule has 314 valence electrons. The third-order valence-corrected chi connectivity index (χ3v) is 11.8. The van der Waals surface area contributed by atoms with E-state index < -0.39 is 28.4 Å². The normalized spacial score (nSPS) is 20.2. The lowest BCUT2D eigenvalue weighted by Gasteiger charge is -2.36. The molecule has 0 saturated heterocycles. The Kier molecular flexibility index (Phi) is 12.8. The molecule has 7 rings (SSSR count). The van der Waals surface area contributed by atoms with Crippen molar-refractivity contribution < 1.29 is 39.4 Å². The molecule has 0 aliphatic carbocycles. The second-order valence-corrected chi connectivity index (χ2v) is 15.6. The number of unbranched alkanes of at least 4 members (excludes halogenated alkanes) is 1. The van der Waals surface area contributed by atoms with Gasteiger partial charge in [-0.15, -0.1) is 0 Å². The fraction of sp³-hybridized carbons (Fsp3) is 0.370. The molecule has 0 spiro atoms. The highest BCUT2D eigenvalue weighted by Gasteiger charge is 2.53. The molecular weight excluding hydrogens is 767 g/mol. The van der Waals surface area contributed by atoms with Gasteiger partial charge in [0.15, 0.2) is 5.60 Å². The standard InChI is InChI=1S/C46H51N5O9/c1-3-60-38-17-19-41-34(24-38)25-40(47-20-6-7-21-52)44(55)50(41)35-14-9-11-31(22-35)27-49-42-18-16-36(51(58)59)26-39(42)46(57,45(49)56)30(2)10-8-15-43(54)48-28-33-13-5-4-12-32(33)23-37(48)29-53/h4-5,8-14,16-19,22,24,26,30,37,40,47,52-53,57H,3,6-7,15,20-21,23,25,27-29H2,1-2H3/b10-8+/t30-,37-,40?,46+/m0/s1. The first-order valence-corrected chi connectivity index (χ1v) is 20.5. The topological polar surface area (TPSA) is 186 Å². The van der Waals surface area contributed by atoms with E-state index in [9.17, 15) is 39.8 Å². The maximum atomic E-state index is 14.5. The van der Waals surface area contributed by atoms with Crippen LogP contribution in [0, 0.1) is 16.0 Å². The van der Waals surface area contributed by atoms with E-state index in [-0.39, 0.29) is 55.3 Å². The van der Waals surface area contributed by atoms with Gasteiger partial charge in [0.05, 0.1) is 48.1 Å². The quantitative estimate of drug-likeness (QED) is 0.0507. The molecule has 4 aromatic carbocycles. The van der Waals surface area contributed by atoms with Crippen LogP contribution in [0.25, 0.3) is 0 Å². The van der Waals surface area contributed by atoms with Crippen molar-refractivity contribution in [1.82, 2.24) is 10.2 Å². The zero-order valence-corrected chi connectivity index (χ0v) is 33.8. The van der Waals surface area contributed by atoms with Gasteiger partial charge in [-0.1, -0.05) is 55.5 Å². The van der Waals surface area contributed by atoms with Gasteiger partial charge in [-0.05, 0) is 97.8 Å². The SMILES string of the molecule is CCOc1ccc2c(c1)CC(NCCCCO)C(=O)N2c1cccc(CN2C(=O)[C@@](O)([C@@H](C)/C=C/CC(=O)N3Cc4ccccc4C[C@H]3CO)c3cc([N+](=O)[O-])ccc32)c1. The van der Waals surface area contributed by atoms with Gasteiger partial charge in [-0.2, -0.15) is 0 Å². The van der Waals surface area contributed by atoms with E-state index in [0.29, 0.717) is 73.8 Å². The number of anilines is 3. The Morgan fingerprint density at radius 1 is 0.983 bits per heavy atom. The first kappa shape index (κ1) is 42.2. The van der Waals surface area contributed by atoms with Gasteiger partial charge in [-0.3, -0.25) is 29.4 Å². The number of hydrogen-bond donors (Lipinski definition) is 4. The van der Waals surface area contributed by atoms with E-state index in [4.69, 9.17) is 4.74 Å². The molecule has 0 fully saturated rings. The van der Waals surface area contributed by atoms with E-state index in [1.54, 1.807) is 34.9 Å². The van der Waals surface area contributed by atoms with Gasteiger partial charge in [0.2, 0.25) is 11.8 Å². The predicted molar refractivity (Wildman–Crippen MR) is 226 cm³/mol. The second kappa shape index (κ2) is 18.1. The van der Waals surface area contributed by atoms with Gasteiger partial charge in [0.1, 0.15) is 5.75 Å². The van der Waals surface area contributed by atoms with Crippen molar-refractivity contribution in [2.24, 2.45) is 5.92 Å². The molecule has 0 aromatic heterocycles. The molecule has 3 aliphatic heterocycles. The number of amides is 3. The summed E-state index contributed by atoms with van der Waals surface area (Å²) in [6, 6.07) is 23.7. The average Bonchev–Trinajstić information content (AvgIpc) is 3.46. The van der Waals surface area contributed by atoms with Crippen LogP contribution in [0.15, 0.2) is 97.1 Å². The lowest BCUT2D eigenvalue weighted by molar-refractivity contribution is -0.385. The van der Waals surface area contributed by atoms with Gasteiger partial charge < -0.3 is 35.2 Å². The maximum absolute atomic E-state index is 14.5. The van der Waals surface area contributed by atoms with Crippen molar-refractivity contribution in [3.05, 3.63) is 135 Å². The Bertz CT molecular complexity index is 2300. The maximum Gasteiger partial charge on any atom is 0.269 e. The lowest BCUT2D eigenvalue weighted by atomic mass is 9.82. The summed E-state index contributed by atoms with van der Waals surface area (Å²) in [5.41, 5.74) is 2.82. The molecule has 1 unspecified atom stereocenters. The van der Waals surface area contributed by atoms with Crippen molar-refractivity contribution in [3.63, 3.8) is 0 Å². The molecule has 4 N–H and O–H groups in total. The summed E-state index contributed by atoms with van der Waals surface area (Å²) in [5, 5.41) is 47.0. The number of hydrogen-bond acceptors (Lipinski definition) is 10. The Labute approximate surface area is 348 Å². The minimum atomic E-state index is -2.20. The number of nitro benzene ring substituents is 1. The average molecular weight is 818 g/mol.